The molecule has 0 aliphatic carbocycles. The van der Waals surface area contributed by atoms with Crippen molar-refractivity contribution in [3.8, 4) is 0 Å². The predicted molar refractivity (Wildman–Crippen MR) is 121 cm³/mol. The topological polar surface area (TPSA) is 77.0 Å². The van der Waals surface area contributed by atoms with Crippen LogP contribution in [0.4, 0.5) is 0 Å². The van der Waals surface area contributed by atoms with E-state index in [-0.39, 0.29) is 42.3 Å². The highest BCUT2D eigenvalue weighted by molar-refractivity contribution is 14.0. The van der Waals surface area contributed by atoms with Gasteiger partial charge in [0.25, 0.3) is 0 Å². The SMILES string of the molecule is CNC(=O)CC1CCN(C(=NCC(=O)N(C)C)NCc2cccs2)CC1.I. The van der Waals surface area contributed by atoms with E-state index in [4.69, 9.17) is 0 Å². The molecule has 7 nitrogen and oxygen atoms in total. The number of thiophene rings is 1. The number of rotatable bonds is 6. The summed E-state index contributed by atoms with van der Waals surface area (Å²) in [5.74, 6) is 1.26. The lowest BCUT2D eigenvalue weighted by atomic mass is 9.93. The smallest absolute Gasteiger partial charge is 0.243 e. The van der Waals surface area contributed by atoms with Crippen molar-refractivity contribution in [2.24, 2.45) is 10.9 Å². The van der Waals surface area contributed by atoms with Crippen molar-refractivity contribution in [2.75, 3.05) is 40.8 Å². The highest BCUT2D eigenvalue weighted by Gasteiger charge is 2.23. The van der Waals surface area contributed by atoms with E-state index < -0.39 is 0 Å². The summed E-state index contributed by atoms with van der Waals surface area (Å²) in [6.07, 6.45) is 2.49. The molecule has 0 aromatic carbocycles. The first-order valence-corrected chi connectivity index (χ1v) is 9.84. The van der Waals surface area contributed by atoms with Gasteiger partial charge in [-0.25, -0.2) is 4.99 Å². The number of likely N-dealkylation sites (N-methyl/N-ethyl adjacent to an activating group) is 1. The van der Waals surface area contributed by atoms with Gasteiger partial charge in [0.1, 0.15) is 6.54 Å². The predicted octanol–water partition coefficient (Wildman–Crippen LogP) is 1.75. The molecule has 1 fully saturated rings. The van der Waals surface area contributed by atoms with Gasteiger partial charge >= 0.3 is 0 Å². The molecular weight excluding hydrogens is 477 g/mol. The number of guanidine groups is 1. The van der Waals surface area contributed by atoms with E-state index in [1.165, 1.54) is 4.88 Å². The maximum atomic E-state index is 11.9. The molecule has 0 unspecified atom stereocenters. The Bertz CT molecular complexity index is 613. The molecule has 2 N–H and O–H groups in total. The minimum Gasteiger partial charge on any atom is -0.359 e. The molecule has 1 aromatic heterocycles. The highest BCUT2D eigenvalue weighted by atomic mass is 127. The van der Waals surface area contributed by atoms with E-state index in [0.29, 0.717) is 18.9 Å². The molecule has 9 heteroatoms. The molecule has 0 radical (unpaired) electrons. The number of likely N-dealkylation sites (tertiary alicyclic amines) is 1. The summed E-state index contributed by atoms with van der Waals surface area (Å²) in [5.41, 5.74) is 0. The molecule has 1 saturated heterocycles. The number of hydrogen-bond donors (Lipinski definition) is 2. The summed E-state index contributed by atoms with van der Waals surface area (Å²) in [7, 11) is 5.15. The highest BCUT2D eigenvalue weighted by Crippen LogP contribution is 2.20. The Labute approximate surface area is 182 Å². The van der Waals surface area contributed by atoms with Crippen LogP contribution < -0.4 is 10.6 Å². The summed E-state index contributed by atoms with van der Waals surface area (Å²) >= 11 is 1.69. The monoisotopic (exact) mass is 507 g/mol. The Morgan fingerprint density at radius 3 is 2.59 bits per heavy atom. The Morgan fingerprint density at radius 2 is 2.04 bits per heavy atom. The number of carbonyl (C=O) groups excluding carboxylic acids is 2. The molecule has 1 aromatic rings. The van der Waals surface area contributed by atoms with Gasteiger partial charge in [-0.15, -0.1) is 35.3 Å². The maximum Gasteiger partial charge on any atom is 0.243 e. The third kappa shape index (κ3) is 8.04. The van der Waals surface area contributed by atoms with Gasteiger partial charge in [-0.3, -0.25) is 9.59 Å². The van der Waals surface area contributed by atoms with Crippen LogP contribution in [0.25, 0.3) is 0 Å². The molecule has 1 aliphatic rings. The van der Waals surface area contributed by atoms with Crippen LogP contribution in [0.5, 0.6) is 0 Å². The van der Waals surface area contributed by atoms with E-state index in [2.05, 4.69) is 26.6 Å². The summed E-state index contributed by atoms with van der Waals surface area (Å²) in [6.45, 7) is 2.52. The molecule has 152 valence electrons. The van der Waals surface area contributed by atoms with Gasteiger partial charge in [0, 0.05) is 45.5 Å². The third-order valence-corrected chi connectivity index (χ3v) is 5.41. The molecule has 27 heavy (non-hydrogen) atoms. The molecule has 2 heterocycles. The van der Waals surface area contributed by atoms with Crippen LogP contribution in [0.1, 0.15) is 24.1 Å². The van der Waals surface area contributed by atoms with Crippen molar-refractivity contribution in [2.45, 2.75) is 25.8 Å². The molecule has 2 amide bonds. The van der Waals surface area contributed by atoms with Gasteiger partial charge in [0.05, 0.1) is 6.54 Å². The van der Waals surface area contributed by atoms with Crippen molar-refractivity contribution in [1.82, 2.24) is 20.4 Å². The molecule has 0 atom stereocenters. The number of aliphatic imine (C=N–C) groups is 1. The van der Waals surface area contributed by atoms with E-state index in [1.54, 1.807) is 37.4 Å². The first kappa shape index (κ1) is 23.7. The minimum atomic E-state index is -0.0186. The molecule has 2 rings (SSSR count). The molecular formula is C18H30IN5O2S. The molecule has 1 aliphatic heterocycles. The molecule has 0 saturated carbocycles. The van der Waals surface area contributed by atoms with E-state index in [1.807, 2.05) is 11.4 Å². The number of amides is 2. The standard InChI is InChI=1S/C18H29N5O2S.HI/c1-19-16(24)11-14-6-8-23(9-7-14)18(21-13-17(25)22(2)3)20-12-15-5-4-10-26-15;/h4-5,10,14H,6-9,11-13H2,1-3H3,(H,19,24)(H,20,21);1H. The summed E-state index contributed by atoms with van der Waals surface area (Å²) < 4.78 is 0. The van der Waals surface area contributed by atoms with Crippen molar-refractivity contribution in [1.29, 1.82) is 0 Å². The van der Waals surface area contributed by atoms with E-state index in [0.717, 1.165) is 31.9 Å². The molecule has 0 bridgehead atoms. The van der Waals surface area contributed by atoms with E-state index >= 15 is 0 Å². The van der Waals surface area contributed by atoms with Gasteiger partial charge < -0.3 is 20.4 Å². The van der Waals surface area contributed by atoms with Crippen LogP contribution >= 0.6 is 35.3 Å². The van der Waals surface area contributed by atoms with Crippen LogP contribution in [0.2, 0.25) is 0 Å². The van der Waals surface area contributed by atoms with Crippen molar-refractivity contribution in [3.63, 3.8) is 0 Å². The van der Waals surface area contributed by atoms with Gasteiger partial charge in [-0.05, 0) is 30.2 Å². The van der Waals surface area contributed by atoms with E-state index in [9.17, 15) is 9.59 Å². The van der Waals surface area contributed by atoms with Gasteiger partial charge in [0.15, 0.2) is 5.96 Å². The summed E-state index contributed by atoms with van der Waals surface area (Å²) in [4.78, 5) is 33.0. The van der Waals surface area contributed by atoms with Gasteiger partial charge in [-0.2, -0.15) is 0 Å². The van der Waals surface area contributed by atoms with Gasteiger partial charge in [0.2, 0.25) is 11.8 Å². The second-order valence-electron chi connectivity index (χ2n) is 6.67. The molecule has 0 spiro atoms. The van der Waals surface area contributed by atoms with Crippen LogP contribution in [-0.4, -0.2) is 68.4 Å². The third-order valence-electron chi connectivity index (χ3n) is 4.53. The lowest BCUT2D eigenvalue weighted by Crippen LogP contribution is -2.46. The summed E-state index contributed by atoms with van der Waals surface area (Å²) in [6, 6.07) is 4.11. The average Bonchev–Trinajstić information content (AvgIpc) is 3.15. The van der Waals surface area contributed by atoms with Crippen LogP contribution in [0.3, 0.4) is 0 Å². The fraction of sp³-hybridized carbons (Fsp3) is 0.611. The maximum absolute atomic E-state index is 11.9. The second-order valence-corrected chi connectivity index (χ2v) is 7.70. The zero-order valence-corrected chi connectivity index (χ0v) is 19.4. The first-order valence-electron chi connectivity index (χ1n) is 8.96. The quantitative estimate of drug-likeness (QED) is 0.350. The largest absolute Gasteiger partial charge is 0.359 e. The first-order chi connectivity index (χ1) is 12.5. The normalized spacial score (nSPS) is 15.1. The number of nitrogens with one attached hydrogen (secondary N) is 2. The Balaban J connectivity index is 0.00000364. The minimum absolute atomic E-state index is 0. The number of piperidine rings is 1. The Kier molecular flexibility index (Phi) is 10.7. The average molecular weight is 507 g/mol. The Hall–Kier alpha value is -1.36. The van der Waals surface area contributed by atoms with Crippen molar-refractivity contribution >= 4 is 53.1 Å². The zero-order chi connectivity index (χ0) is 18.9. The van der Waals surface area contributed by atoms with Gasteiger partial charge in [-0.1, -0.05) is 6.07 Å². The fourth-order valence-electron chi connectivity index (χ4n) is 2.84. The zero-order valence-electron chi connectivity index (χ0n) is 16.2. The summed E-state index contributed by atoms with van der Waals surface area (Å²) in [5, 5.41) is 8.13. The van der Waals surface area contributed by atoms with Crippen LogP contribution in [0, 0.1) is 5.92 Å². The number of nitrogens with zero attached hydrogens (tertiary/aromatic N) is 3. The number of halogens is 1. The van der Waals surface area contributed by atoms with Crippen LogP contribution in [0.15, 0.2) is 22.5 Å². The number of hydrogen-bond acceptors (Lipinski definition) is 4. The number of carbonyl (C=O) groups is 2. The fourth-order valence-corrected chi connectivity index (χ4v) is 3.49. The van der Waals surface area contributed by atoms with Crippen molar-refractivity contribution < 1.29 is 9.59 Å². The second kappa shape index (κ2) is 12.2. The Morgan fingerprint density at radius 1 is 1.33 bits per heavy atom. The lowest BCUT2D eigenvalue weighted by Gasteiger charge is -2.34. The van der Waals surface area contributed by atoms with Crippen molar-refractivity contribution in [3.05, 3.63) is 22.4 Å². The van der Waals surface area contributed by atoms with Crippen LogP contribution in [-0.2, 0) is 16.1 Å². The lowest BCUT2D eigenvalue weighted by molar-refractivity contribution is -0.127.